The lowest BCUT2D eigenvalue weighted by atomic mass is 10.2. The van der Waals surface area contributed by atoms with Gasteiger partial charge in [0.25, 0.3) is 5.91 Å². The molecule has 1 amide bonds. The first-order valence-electron chi connectivity index (χ1n) is 6.53. The number of rotatable bonds is 4. The van der Waals surface area contributed by atoms with Crippen molar-refractivity contribution in [2.45, 2.75) is 13.0 Å². The molecule has 0 spiro atoms. The van der Waals surface area contributed by atoms with Crippen LogP contribution in [0.15, 0.2) is 36.4 Å². The summed E-state index contributed by atoms with van der Waals surface area (Å²) in [5, 5.41) is 12.3. The molecular weight excluding hydrogens is 359 g/mol. The van der Waals surface area contributed by atoms with Crippen LogP contribution < -0.4 is 10.1 Å². The Morgan fingerprint density at radius 3 is 2.48 bits per heavy atom. The Morgan fingerprint density at radius 1 is 1.22 bits per heavy atom. The van der Waals surface area contributed by atoms with Crippen molar-refractivity contribution < 1.29 is 9.53 Å². The van der Waals surface area contributed by atoms with Gasteiger partial charge in [-0.25, -0.2) is 0 Å². The third-order valence-electron chi connectivity index (χ3n) is 2.90. The molecule has 0 aliphatic carbocycles. The minimum Gasteiger partial charge on any atom is -0.481 e. The number of amides is 1. The second-order valence-corrected chi connectivity index (χ2v) is 5.88. The van der Waals surface area contributed by atoms with Crippen LogP contribution in [-0.4, -0.2) is 12.0 Å². The number of carbonyl (C=O) groups is 1. The van der Waals surface area contributed by atoms with Gasteiger partial charge in [0, 0.05) is 5.02 Å². The molecule has 2 aromatic rings. The van der Waals surface area contributed by atoms with Crippen LogP contribution in [0.2, 0.25) is 15.1 Å². The van der Waals surface area contributed by atoms with E-state index >= 15 is 0 Å². The monoisotopic (exact) mass is 368 g/mol. The molecule has 0 aromatic heterocycles. The van der Waals surface area contributed by atoms with E-state index < -0.39 is 12.0 Å². The standard InChI is InChI=1S/C16H11Cl3N2O2/c1-9(23-12-4-2-3-10(5-12)8-20)16(22)21-15-13(18)6-11(17)7-14(15)19/h2-7,9H,1H3,(H,21,22)/t9-/m1/s1. The van der Waals surface area contributed by atoms with Crippen LogP contribution in [0.5, 0.6) is 5.75 Å². The number of halogens is 3. The minimum atomic E-state index is -0.813. The molecule has 1 N–H and O–H groups in total. The van der Waals surface area contributed by atoms with E-state index in [2.05, 4.69) is 5.32 Å². The molecule has 0 unspecified atom stereocenters. The summed E-state index contributed by atoms with van der Waals surface area (Å²) in [6.07, 6.45) is -0.813. The highest BCUT2D eigenvalue weighted by atomic mass is 35.5. The van der Waals surface area contributed by atoms with Crippen molar-refractivity contribution in [3.63, 3.8) is 0 Å². The molecule has 2 rings (SSSR count). The Labute approximate surface area is 148 Å². The molecule has 0 saturated carbocycles. The van der Waals surface area contributed by atoms with Gasteiger partial charge in [-0.1, -0.05) is 40.9 Å². The fourth-order valence-electron chi connectivity index (χ4n) is 1.78. The van der Waals surface area contributed by atoms with Gasteiger partial charge in [-0.15, -0.1) is 0 Å². The Morgan fingerprint density at radius 2 is 1.87 bits per heavy atom. The molecule has 0 aliphatic heterocycles. The zero-order valence-electron chi connectivity index (χ0n) is 11.9. The second kappa shape index (κ2) is 7.56. The van der Waals surface area contributed by atoms with Crippen molar-refractivity contribution in [1.29, 1.82) is 5.26 Å². The first-order chi connectivity index (χ1) is 10.9. The van der Waals surface area contributed by atoms with Gasteiger partial charge in [0.1, 0.15) is 5.75 Å². The van der Waals surface area contributed by atoms with E-state index in [1.165, 1.54) is 12.1 Å². The summed E-state index contributed by atoms with van der Waals surface area (Å²) >= 11 is 17.9. The van der Waals surface area contributed by atoms with Gasteiger partial charge in [-0.05, 0) is 37.3 Å². The van der Waals surface area contributed by atoms with E-state index in [1.54, 1.807) is 31.2 Å². The Balaban J connectivity index is 2.10. The highest BCUT2D eigenvalue weighted by Crippen LogP contribution is 2.33. The largest absolute Gasteiger partial charge is 0.481 e. The number of hydrogen-bond donors (Lipinski definition) is 1. The summed E-state index contributed by atoms with van der Waals surface area (Å²) in [5.74, 6) is -0.0153. The third kappa shape index (κ3) is 4.52. The van der Waals surface area contributed by atoms with Gasteiger partial charge in [-0.2, -0.15) is 5.26 Å². The van der Waals surface area contributed by atoms with Crippen LogP contribution >= 0.6 is 34.8 Å². The van der Waals surface area contributed by atoms with Crippen LogP contribution in [0, 0.1) is 11.3 Å². The third-order valence-corrected chi connectivity index (χ3v) is 3.71. The van der Waals surface area contributed by atoms with Crippen LogP contribution in [0.1, 0.15) is 12.5 Å². The minimum absolute atomic E-state index is 0.231. The van der Waals surface area contributed by atoms with Gasteiger partial charge in [-0.3, -0.25) is 4.79 Å². The van der Waals surface area contributed by atoms with Gasteiger partial charge >= 0.3 is 0 Å². The average molecular weight is 370 g/mol. The van der Waals surface area contributed by atoms with Gasteiger partial charge in [0.15, 0.2) is 6.10 Å². The first-order valence-corrected chi connectivity index (χ1v) is 7.66. The number of ether oxygens (including phenoxy) is 1. The number of benzene rings is 2. The highest BCUT2D eigenvalue weighted by Gasteiger charge is 2.18. The number of carbonyl (C=O) groups excluding carboxylic acids is 1. The molecule has 118 valence electrons. The van der Waals surface area contributed by atoms with E-state index in [9.17, 15) is 4.79 Å². The van der Waals surface area contributed by atoms with E-state index in [4.69, 9.17) is 44.8 Å². The SMILES string of the molecule is C[C@@H](Oc1cccc(C#N)c1)C(=O)Nc1c(Cl)cc(Cl)cc1Cl. The van der Waals surface area contributed by atoms with Crippen molar-refractivity contribution in [3.05, 3.63) is 57.0 Å². The zero-order valence-corrected chi connectivity index (χ0v) is 14.2. The maximum Gasteiger partial charge on any atom is 0.265 e. The molecule has 0 aliphatic rings. The lowest BCUT2D eigenvalue weighted by Gasteiger charge is -2.16. The summed E-state index contributed by atoms with van der Waals surface area (Å²) < 4.78 is 5.52. The fraction of sp³-hybridized carbons (Fsp3) is 0.125. The summed E-state index contributed by atoms with van der Waals surface area (Å²) in [6.45, 7) is 1.58. The maximum atomic E-state index is 12.2. The molecule has 2 aromatic carbocycles. The lowest BCUT2D eigenvalue weighted by Crippen LogP contribution is -2.30. The van der Waals surface area contributed by atoms with Crippen LogP contribution in [-0.2, 0) is 4.79 Å². The topological polar surface area (TPSA) is 62.1 Å². The highest BCUT2D eigenvalue weighted by molar-refractivity contribution is 6.42. The van der Waals surface area contributed by atoms with Crippen LogP contribution in [0.25, 0.3) is 0 Å². The normalized spacial score (nSPS) is 11.4. The molecular formula is C16H11Cl3N2O2. The summed E-state index contributed by atoms with van der Waals surface area (Å²) in [5.41, 5.74) is 0.711. The van der Waals surface area contributed by atoms with Crippen molar-refractivity contribution in [2.24, 2.45) is 0 Å². The van der Waals surface area contributed by atoms with E-state index in [0.29, 0.717) is 16.3 Å². The summed E-state index contributed by atoms with van der Waals surface area (Å²) in [6, 6.07) is 11.5. The molecule has 7 heteroatoms. The predicted molar refractivity (Wildman–Crippen MR) is 91.3 cm³/mol. The van der Waals surface area contributed by atoms with Gasteiger partial charge < -0.3 is 10.1 Å². The Kier molecular flexibility index (Phi) is 5.73. The van der Waals surface area contributed by atoms with Gasteiger partial charge in [0.05, 0.1) is 27.4 Å². The van der Waals surface area contributed by atoms with Crippen molar-refractivity contribution in [3.8, 4) is 11.8 Å². The molecule has 1 atom stereocenters. The van der Waals surface area contributed by atoms with Crippen molar-refractivity contribution >= 4 is 46.4 Å². The number of nitriles is 1. The lowest BCUT2D eigenvalue weighted by molar-refractivity contribution is -0.122. The Bertz CT molecular complexity index is 764. The van der Waals surface area contributed by atoms with E-state index in [-0.39, 0.29) is 15.7 Å². The van der Waals surface area contributed by atoms with E-state index in [1.807, 2.05) is 6.07 Å². The molecule has 0 saturated heterocycles. The van der Waals surface area contributed by atoms with Gasteiger partial charge in [0.2, 0.25) is 0 Å². The maximum absolute atomic E-state index is 12.2. The predicted octanol–water partition coefficient (Wildman–Crippen LogP) is 4.92. The van der Waals surface area contributed by atoms with Crippen LogP contribution in [0.4, 0.5) is 5.69 Å². The quantitative estimate of drug-likeness (QED) is 0.831. The number of hydrogen-bond acceptors (Lipinski definition) is 3. The number of anilines is 1. The molecule has 0 fully saturated rings. The molecule has 4 nitrogen and oxygen atoms in total. The van der Waals surface area contributed by atoms with Crippen molar-refractivity contribution in [1.82, 2.24) is 0 Å². The second-order valence-electron chi connectivity index (χ2n) is 4.63. The Hall–Kier alpha value is -1.93. The van der Waals surface area contributed by atoms with Crippen molar-refractivity contribution in [2.75, 3.05) is 5.32 Å². The fourth-order valence-corrected chi connectivity index (χ4v) is 2.69. The number of nitrogens with one attached hydrogen (secondary N) is 1. The first kappa shape index (κ1) is 17.4. The van der Waals surface area contributed by atoms with Crippen LogP contribution in [0.3, 0.4) is 0 Å². The molecule has 0 bridgehead atoms. The zero-order chi connectivity index (χ0) is 17.0. The summed E-state index contributed by atoms with van der Waals surface area (Å²) in [4.78, 5) is 12.2. The smallest absolute Gasteiger partial charge is 0.265 e. The van der Waals surface area contributed by atoms with E-state index in [0.717, 1.165) is 0 Å². The molecule has 23 heavy (non-hydrogen) atoms. The molecule has 0 radical (unpaired) electrons. The molecule has 0 heterocycles. The summed E-state index contributed by atoms with van der Waals surface area (Å²) in [7, 11) is 0. The number of nitrogens with zero attached hydrogens (tertiary/aromatic N) is 1. The average Bonchev–Trinajstić information content (AvgIpc) is 2.50.